The van der Waals surface area contributed by atoms with Gasteiger partial charge in [0.05, 0.1) is 17.0 Å². The zero-order valence-corrected chi connectivity index (χ0v) is 17.7. The highest BCUT2D eigenvalue weighted by Gasteiger charge is 2.18. The first kappa shape index (κ1) is 19.4. The summed E-state index contributed by atoms with van der Waals surface area (Å²) in [7, 11) is 1.75. The van der Waals surface area contributed by atoms with Gasteiger partial charge >= 0.3 is 0 Å². The number of carbonyl (C=O) groups is 1. The Morgan fingerprint density at radius 2 is 1.83 bits per heavy atom. The van der Waals surface area contributed by atoms with Crippen LogP contribution < -0.4 is 10.5 Å². The number of aromatic nitrogens is 2. The Bertz CT molecular complexity index is 1230. The van der Waals surface area contributed by atoms with Crippen molar-refractivity contribution < 1.29 is 4.79 Å². The van der Waals surface area contributed by atoms with Gasteiger partial charge in [0.2, 0.25) is 5.91 Å². The van der Waals surface area contributed by atoms with Crippen molar-refractivity contribution in [1.29, 1.82) is 0 Å². The van der Waals surface area contributed by atoms with E-state index in [1.54, 1.807) is 16.5 Å². The maximum absolute atomic E-state index is 13.2. The fourth-order valence-electron chi connectivity index (χ4n) is 3.03. The van der Waals surface area contributed by atoms with Gasteiger partial charge in [-0.05, 0) is 42.1 Å². The van der Waals surface area contributed by atoms with Crippen molar-refractivity contribution in [3.8, 4) is 5.69 Å². The third-order valence-electron chi connectivity index (χ3n) is 4.65. The van der Waals surface area contributed by atoms with Gasteiger partial charge in [-0.15, -0.1) is 11.3 Å². The molecule has 0 fully saturated rings. The monoisotopic (exact) mass is 421 g/mol. The van der Waals surface area contributed by atoms with Crippen molar-refractivity contribution in [2.75, 3.05) is 17.7 Å². The molecule has 0 atom stereocenters. The number of thioether (sulfide) groups is 1. The van der Waals surface area contributed by atoms with E-state index in [-0.39, 0.29) is 17.2 Å². The largest absolute Gasteiger partial charge is 0.315 e. The molecule has 0 spiro atoms. The summed E-state index contributed by atoms with van der Waals surface area (Å²) < 4.78 is 2.24. The summed E-state index contributed by atoms with van der Waals surface area (Å²) in [6.45, 7) is 1.96. The van der Waals surface area contributed by atoms with E-state index in [1.165, 1.54) is 23.1 Å². The number of hydrogen-bond acceptors (Lipinski definition) is 5. The second-order valence-electron chi connectivity index (χ2n) is 6.53. The first-order chi connectivity index (χ1) is 14.1. The molecule has 2 aromatic carbocycles. The molecule has 146 valence electrons. The van der Waals surface area contributed by atoms with Crippen molar-refractivity contribution in [3.05, 3.63) is 82.0 Å². The minimum absolute atomic E-state index is 0.0581. The van der Waals surface area contributed by atoms with Crippen LogP contribution in [0, 0.1) is 6.92 Å². The molecule has 0 N–H and O–H groups in total. The van der Waals surface area contributed by atoms with Crippen LogP contribution in [0.15, 0.2) is 76.0 Å². The molecule has 1 amide bonds. The summed E-state index contributed by atoms with van der Waals surface area (Å²) >= 11 is 2.66. The van der Waals surface area contributed by atoms with Crippen LogP contribution in [0.2, 0.25) is 0 Å². The number of thiophene rings is 1. The fraction of sp³-hybridized carbons (Fsp3) is 0.136. The molecule has 0 radical (unpaired) electrons. The highest BCUT2D eigenvalue weighted by molar-refractivity contribution is 7.99. The van der Waals surface area contributed by atoms with E-state index >= 15 is 0 Å². The molecule has 2 aromatic heterocycles. The van der Waals surface area contributed by atoms with E-state index in [4.69, 9.17) is 0 Å². The van der Waals surface area contributed by atoms with Crippen molar-refractivity contribution in [3.63, 3.8) is 0 Å². The third kappa shape index (κ3) is 3.83. The number of anilines is 1. The SMILES string of the molecule is Cc1ccccc1-n1c(SCC(=O)N(C)c2ccccc2)nc2ccsc2c1=O. The molecule has 2 heterocycles. The number of amides is 1. The number of rotatable bonds is 5. The average Bonchev–Trinajstić information content (AvgIpc) is 3.22. The van der Waals surface area contributed by atoms with Gasteiger partial charge in [0.1, 0.15) is 4.70 Å². The maximum atomic E-state index is 13.2. The summed E-state index contributed by atoms with van der Waals surface area (Å²) in [4.78, 5) is 32.2. The Morgan fingerprint density at radius 3 is 2.59 bits per heavy atom. The van der Waals surface area contributed by atoms with Gasteiger partial charge in [-0.1, -0.05) is 48.2 Å². The minimum atomic E-state index is -0.106. The van der Waals surface area contributed by atoms with Gasteiger partial charge in [-0.25, -0.2) is 4.98 Å². The topological polar surface area (TPSA) is 55.2 Å². The molecule has 4 aromatic rings. The standard InChI is InChI=1S/C22H19N3O2S2/c1-15-8-6-7-11-18(15)25-21(27)20-17(12-13-28-20)23-22(25)29-14-19(26)24(2)16-9-4-3-5-10-16/h3-13H,14H2,1-2H3. The number of para-hydroxylation sites is 2. The second-order valence-corrected chi connectivity index (χ2v) is 8.39. The van der Waals surface area contributed by atoms with Crippen LogP contribution in [0.25, 0.3) is 15.9 Å². The molecule has 0 aliphatic carbocycles. The van der Waals surface area contributed by atoms with Crippen molar-refractivity contribution >= 4 is 44.9 Å². The molecule has 29 heavy (non-hydrogen) atoms. The van der Waals surface area contributed by atoms with Gasteiger partial charge in [0.15, 0.2) is 5.16 Å². The lowest BCUT2D eigenvalue weighted by atomic mass is 10.2. The smallest absolute Gasteiger partial charge is 0.276 e. The zero-order valence-electron chi connectivity index (χ0n) is 16.0. The van der Waals surface area contributed by atoms with Crippen LogP contribution in [0.4, 0.5) is 5.69 Å². The van der Waals surface area contributed by atoms with E-state index in [0.717, 1.165) is 16.9 Å². The lowest BCUT2D eigenvalue weighted by Crippen LogP contribution is -2.28. The Kier molecular flexibility index (Phi) is 5.51. The third-order valence-corrected chi connectivity index (χ3v) is 6.46. The van der Waals surface area contributed by atoms with E-state index in [2.05, 4.69) is 4.98 Å². The molecule has 0 saturated heterocycles. The van der Waals surface area contributed by atoms with Gasteiger partial charge in [0, 0.05) is 12.7 Å². The van der Waals surface area contributed by atoms with Gasteiger partial charge in [-0.2, -0.15) is 0 Å². The van der Waals surface area contributed by atoms with Crippen LogP contribution in [-0.4, -0.2) is 28.3 Å². The van der Waals surface area contributed by atoms with Crippen molar-refractivity contribution in [2.24, 2.45) is 0 Å². The highest BCUT2D eigenvalue weighted by Crippen LogP contribution is 2.25. The van der Waals surface area contributed by atoms with E-state index in [1.807, 2.05) is 73.0 Å². The first-order valence-electron chi connectivity index (χ1n) is 9.07. The number of nitrogens with zero attached hydrogens (tertiary/aromatic N) is 3. The van der Waals surface area contributed by atoms with E-state index < -0.39 is 0 Å². The molecule has 0 aliphatic rings. The lowest BCUT2D eigenvalue weighted by Gasteiger charge is -2.18. The molecule has 0 aliphatic heterocycles. The molecule has 7 heteroatoms. The van der Waals surface area contributed by atoms with Crippen LogP contribution in [0.1, 0.15) is 5.56 Å². The van der Waals surface area contributed by atoms with Crippen molar-refractivity contribution in [2.45, 2.75) is 12.1 Å². The minimum Gasteiger partial charge on any atom is -0.315 e. The van der Waals surface area contributed by atoms with Gasteiger partial charge < -0.3 is 4.90 Å². The van der Waals surface area contributed by atoms with Crippen LogP contribution in [0.5, 0.6) is 0 Å². The van der Waals surface area contributed by atoms with Crippen molar-refractivity contribution in [1.82, 2.24) is 9.55 Å². The Morgan fingerprint density at radius 1 is 1.10 bits per heavy atom. The Balaban J connectivity index is 1.70. The Labute approximate surface area is 176 Å². The number of benzene rings is 2. The lowest BCUT2D eigenvalue weighted by molar-refractivity contribution is -0.115. The van der Waals surface area contributed by atoms with E-state index in [0.29, 0.717) is 15.4 Å². The Hall–Kier alpha value is -2.90. The molecule has 0 unspecified atom stereocenters. The summed E-state index contributed by atoms with van der Waals surface area (Å²) in [5, 5.41) is 2.38. The first-order valence-corrected chi connectivity index (χ1v) is 10.9. The van der Waals surface area contributed by atoms with E-state index in [9.17, 15) is 9.59 Å². The second kappa shape index (κ2) is 8.23. The summed E-state index contributed by atoms with van der Waals surface area (Å²) in [6.07, 6.45) is 0. The predicted octanol–water partition coefficient (Wildman–Crippen LogP) is 4.51. The highest BCUT2D eigenvalue weighted by atomic mass is 32.2. The average molecular weight is 422 g/mol. The van der Waals surface area contributed by atoms with Crippen LogP contribution in [-0.2, 0) is 4.79 Å². The van der Waals surface area contributed by atoms with Crippen LogP contribution in [0.3, 0.4) is 0 Å². The van der Waals surface area contributed by atoms with Crippen LogP contribution >= 0.6 is 23.1 Å². The number of fused-ring (bicyclic) bond motifs is 1. The van der Waals surface area contributed by atoms with Gasteiger partial charge in [0.25, 0.3) is 5.56 Å². The van der Waals surface area contributed by atoms with Gasteiger partial charge in [-0.3, -0.25) is 14.2 Å². The summed E-state index contributed by atoms with van der Waals surface area (Å²) in [5.74, 6) is 0.122. The summed E-state index contributed by atoms with van der Waals surface area (Å²) in [6, 6.07) is 19.0. The fourth-order valence-corrected chi connectivity index (χ4v) is 4.71. The predicted molar refractivity (Wildman–Crippen MR) is 121 cm³/mol. The molecular formula is C22H19N3O2S2. The normalized spacial score (nSPS) is 11.0. The quantitative estimate of drug-likeness (QED) is 0.351. The molecular weight excluding hydrogens is 402 g/mol. The molecule has 4 rings (SSSR count). The number of aryl methyl sites for hydroxylation is 1. The molecule has 0 saturated carbocycles. The molecule has 5 nitrogen and oxygen atoms in total. The number of hydrogen-bond donors (Lipinski definition) is 0. The number of carbonyl (C=O) groups excluding carboxylic acids is 1. The molecule has 0 bridgehead atoms. The zero-order chi connectivity index (χ0) is 20.4. The summed E-state index contributed by atoms with van der Waals surface area (Å²) in [5.41, 5.74) is 3.14. The maximum Gasteiger partial charge on any atom is 0.276 e.